The fourth-order valence-electron chi connectivity index (χ4n) is 1.94. The highest BCUT2D eigenvalue weighted by Crippen LogP contribution is 2.19. The van der Waals surface area contributed by atoms with Crippen LogP contribution in [0.4, 0.5) is 4.39 Å². The number of hydrazone groups is 1. The first-order chi connectivity index (χ1) is 10.6. The molecular weight excluding hydrogens is 307 g/mol. The smallest absolute Gasteiger partial charge is 0.307 e. The predicted molar refractivity (Wildman–Crippen MR) is 82.7 cm³/mol. The molecule has 0 aliphatic rings. The summed E-state index contributed by atoms with van der Waals surface area (Å²) in [5.41, 5.74) is 2.99. The van der Waals surface area contributed by atoms with Gasteiger partial charge in [0.1, 0.15) is 11.4 Å². The lowest BCUT2D eigenvalue weighted by Crippen LogP contribution is -2.16. The summed E-state index contributed by atoms with van der Waals surface area (Å²) in [4.78, 5) is 11.9. The molecule has 0 bridgehead atoms. The van der Waals surface area contributed by atoms with Gasteiger partial charge in [-0.15, -0.1) is 0 Å². The van der Waals surface area contributed by atoms with E-state index in [9.17, 15) is 9.18 Å². The maximum atomic E-state index is 13.5. The number of carbonyl (C=O) groups excluding carboxylic acids is 1. The fourth-order valence-corrected chi connectivity index (χ4v) is 2.15. The van der Waals surface area contributed by atoms with Crippen LogP contribution < -0.4 is 5.43 Å². The topological polar surface area (TPSA) is 54.6 Å². The summed E-state index contributed by atoms with van der Waals surface area (Å²) in [5.74, 6) is -0.924. The van der Waals surface area contributed by atoms with Crippen molar-refractivity contribution < 1.29 is 13.6 Å². The van der Waals surface area contributed by atoms with Crippen LogP contribution >= 0.6 is 11.6 Å². The maximum Gasteiger partial charge on any atom is 0.307 e. The molecule has 0 fully saturated rings. The van der Waals surface area contributed by atoms with Crippen LogP contribution in [-0.2, 0) is 0 Å². The van der Waals surface area contributed by atoms with Gasteiger partial charge in [0.05, 0.1) is 11.2 Å². The molecule has 0 saturated heterocycles. The largest absolute Gasteiger partial charge is 0.451 e. The number of benzene rings is 2. The molecule has 1 amide bonds. The first-order valence-electron chi connectivity index (χ1n) is 6.41. The molecule has 0 unspecified atom stereocenters. The SMILES string of the molecule is O=C(N/N=C\c1c(F)cccc1Cl)c1cc2ccccc2o1. The van der Waals surface area contributed by atoms with Gasteiger partial charge in [0.25, 0.3) is 0 Å². The zero-order valence-electron chi connectivity index (χ0n) is 11.2. The van der Waals surface area contributed by atoms with Crippen molar-refractivity contribution in [3.8, 4) is 0 Å². The van der Waals surface area contributed by atoms with Gasteiger partial charge in [0.15, 0.2) is 5.76 Å². The molecule has 0 atom stereocenters. The van der Waals surface area contributed by atoms with Gasteiger partial charge in [-0.25, -0.2) is 9.82 Å². The second-order valence-electron chi connectivity index (χ2n) is 4.48. The summed E-state index contributed by atoms with van der Waals surface area (Å²) in [7, 11) is 0. The van der Waals surface area contributed by atoms with Crippen LogP contribution in [0.3, 0.4) is 0 Å². The van der Waals surface area contributed by atoms with E-state index in [1.807, 2.05) is 18.2 Å². The number of hydrogen-bond acceptors (Lipinski definition) is 3. The van der Waals surface area contributed by atoms with Gasteiger partial charge in [-0.1, -0.05) is 35.9 Å². The Kier molecular flexibility index (Phi) is 3.89. The van der Waals surface area contributed by atoms with Crippen LogP contribution in [0, 0.1) is 5.82 Å². The first-order valence-corrected chi connectivity index (χ1v) is 6.79. The zero-order valence-corrected chi connectivity index (χ0v) is 12.0. The molecule has 1 heterocycles. The van der Waals surface area contributed by atoms with E-state index in [0.717, 1.165) is 11.6 Å². The van der Waals surface area contributed by atoms with Gasteiger partial charge in [0, 0.05) is 10.9 Å². The van der Waals surface area contributed by atoms with Crippen molar-refractivity contribution in [2.75, 3.05) is 0 Å². The average molecular weight is 317 g/mol. The third-order valence-corrected chi connectivity index (χ3v) is 3.34. The number of fused-ring (bicyclic) bond motifs is 1. The van der Waals surface area contributed by atoms with E-state index in [1.54, 1.807) is 12.1 Å². The number of halogens is 2. The molecule has 22 heavy (non-hydrogen) atoms. The second kappa shape index (κ2) is 5.99. The Balaban J connectivity index is 1.76. The number of para-hydroxylation sites is 1. The summed E-state index contributed by atoms with van der Waals surface area (Å²) < 4.78 is 18.9. The number of carbonyl (C=O) groups is 1. The molecular formula is C16H10ClFN2O2. The third kappa shape index (κ3) is 2.84. The predicted octanol–water partition coefficient (Wildman–Crippen LogP) is 3.99. The minimum absolute atomic E-state index is 0.106. The lowest BCUT2D eigenvalue weighted by atomic mass is 10.2. The summed E-state index contributed by atoms with van der Waals surface area (Å²) in [5, 5.41) is 4.72. The van der Waals surface area contributed by atoms with E-state index in [-0.39, 0.29) is 16.3 Å². The number of hydrogen-bond donors (Lipinski definition) is 1. The normalized spacial score (nSPS) is 11.2. The highest BCUT2D eigenvalue weighted by atomic mass is 35.5. The molecule has 0 aliphatic heterocycles. The number of rotatable bonds is 3. The first kappa shape index (κ1) is 14.3. The van der Waals surface area contributed by atoms with Crippen molar-refractivity contribution >= 4 is 34.7 Å². The Morgan fingerprint density at radius 3 is 2.82 bits per heavy atom. The molecule has 0 spiro atoms. The van der Waals surface area contributed by atoms with Crippen LogP contribution in [-0.4, -0.2) is 12.1 Å². The molecule has 0 saturated carbocycles. The molecule has 3 aromatic rings. The Bertz CT molecular complexity index is 820. The molecule has 6 heteroatoms. The van der Waals surface area contributed by atoms with Gasteiger partial charge in [-0.3, -0.25) is 4.79 Å². The van der Waals surface area contributed by atoms with Gasteiger partial charge in [-0.05, 0) is 24.3 Å². The van der Waals surface area contributed by atoms with Gasteiger partial charge < -0.3 is 4.42 Å². The lowest BCUT2D eigenvalue weighted by molar-refractivity contribution is 0.0929. The highest BCUT2D eigenvalue weighted by molar-refractivity contribution is 6.33. The van der Waals surface area contributed by atoms with E-state index in [4.69, 9.17) is 16.0 Å². The number of amides is 1. The Morgan fingerprint density at radius 1 is 1.23 bits per heavy atom. The van der Waals surface area contributed by atoms with Crippen molar-refractivity contribution in [3.05, 3.63) is 70.7 Å². The Labute approximate surface area is 130 Å². The Hall–Kier alpha value is -2.66. The van der Waals surface area contributed by atoms with E-state index >= 15 is 0 Å². The van der Waals surface area contributed by atoms with Crippen LogP contribution in [0.5, 0.6) is 0 Å². The Morgan fingerprint density at radius 2 is 2.05 bits per heavy atom. The summed E-state index contributed by atoms with van der Waals surface area (Å²) in [6, 6.07) is 13.1. The molecule has 0 aliphatic carbocycles. The van der Waals surface area contributed by atoms with E-state index < -0.39 is 11.7 Å². The highest BCUT2D eigenvalue weighted by Gasteiger charge is 2.11. The minimum Gasteiger partial charge on any atom is -0.451 e. The summed E-state index contributed by atoms with van der Waals surface area (Å²) >= 11 is 5.85. The van der Waals surface area contributed by atoms with Crippen molar-refractivity contribution in [2.24, 2.45) is 5.10 Å². The number of nitrogens with one attached hydrogen (secondary N) is 1. The van der Waals surface area contributed by atoms with Crippen LogP contribution in [0.15, 0.2) is 58.0 Å². The van der Waals surface area contributed by atoms with E-state index in [0.29, 0.717) is 5.58 Å². The summed E-state index contributed by atoms with van der Waals surface area (Å²) in [6.07, 6.45) is 1.15. The molecule has 0 radical (unpaired) electrons. The molecule has 1 aromatic heterocycles. The molecule has 3 rings (SSSR count). The monoisotopic (exact) mass is 316 g/mol. The number of nitrogens with zero attached hydrogens (tertiary/aromatic N) is 1. The van der Waals surface area contributed by atoms with Gasteiger partial charge >= 0.3 is 5.91 Å². The van der Waals surface area contributed by atoms with Crippen LogP contribution in [0.25, 0.3) is 11.0 Å². The van der Waals surface area contributed by atoms with Gasteiger partial charge in [-0.2, -0.15) is 5.10 Å². The van der Waals surface area contributed by atoms with E-state index in [2.05, 4.69) is 10.5 Å². The zero-order chi connectivity index (χ0) is 15.5. The van der Waals surface area contributed by atoms with Crippen molar-refractivity contribution in [1.29, 1.82) is 0 Å². The third-order valence-electron chi connectivity index (χ3n) is 3.01. The van der Waals surface area contributed by atoms with Crippen LogP contribution in [0.1, 0.15) is 16.1 Å². The van der Waals surface area contributed by atoms with Gasteiger partial charge in [0.2, 0.25) is 0 Å². The summed E-state index contributed by atoms with van der Waals surface area (Å²) in [6.45, 7) is 0. The van der Waals surface area contributed by atoms with Crippen LogP contribution in [0.2, 0.25) is 5.02 Å². The van der Waals surface area contributed by atoms with Crippen molar-refractivity contribution in [2.45, 2.75) is 0 Å². The fraction of sp³-hybridized carbons (Fsp3) is 0. The quantitative estimate of drug-likeness (QED) is 0.587. The molecule has 2 aromatic carbocycles. The maximum absolute atomic E-state index is 13.5. The molecule has 1 N–H and O–H groups in total. The van der Waals surface area contributed by atoms with Crippen molar-refractivity contribution in [3.63, 3.8) is 0 Å². The van der Waals surface area contributed by atoms with E-state index in [1.165, 1.54) is 18.2 Å². The van der Waals surface area contributed by atoms with Crippen molar-refractivity contribution in [1.82, 2.24) is 5.43 Å². The minimum atomic E-state index is -0.528. The molecule has 110 valence electrons. The molecule has 4 nitrogen and oxygen atoms in total. The average Bonchev–Trinajstić information content (AvgIpc) is 2.94. The number of furan rings is 1. The standard InChI is InChI=1S/C16H10ClFN2O2/c17-12-5-3-6-13(18)11(12)9-19-20-16(21)15-8-10-4-1-2-7-14(10)22-15/h1-9H,(H,20,21)/b19-9-. The lowest BCUT2D eigenvalue weighted by Gasteiger charge is -1.99. The second-order valence-corrected chi connectivity index (χ2v) is 4.89.